The van der Waals surface area contributed by atoms with E-state index in [0.717, 1.165) is 0 Å². The van der Waals surface area contributed by atoms with Crippen molar-refractivity contribution in [2.75, 3.05) is 0 Å². The minimum atomic E-state index is -0.0919. The summed E-state index contributed by atoms with van der Waals surface area (Å²) in [7, 11) is 0. The van der Waals surface area contributed by atoms with Gasteiger partial charge in [0.1, 0.15) is 0 Å². The van der Waals surface area contributed by atoms with Crippen molar-refractivity contribution in [2.24, 2.45) is 0 Å². The minimum Gasteiger partial charge on any atom is -0.0616 e. The molecule has 0 bridgehead atoms. The molecular formula is C86H60. The van der Waals surface area contributed by atoms with Gasteiger partial charge in [-0.1, -0.05) is 282 Å². The number of rotatable bonds is 4. The standard InChI is InChI=1S/C47H32.C39H28/c1-47(2)43-24-22-30-10-4-6-12-39(30)45(43)46-41-14-8-7-13-40(41)42(28-44(46)47)36-20-18-32-25-31(16-17-33(32)27-36)34-21-23-38-35(26-34)19-15-29-9-3-5-11-37(29)38;1-39(2)35-22-21-27-10-5-6-12-31(27)37(35)38-33-14-8-7-13-32(33)34(24-36(38)39)28-18-15-26(16-19-28)30-20-17-25-9-3-4-11-29(25)23-30/h3-28H,1-2H3;3-24H,1-2H3. The zero-order chi connectivity index (χ0) is 57.4. The van der Waals surface area contributed by atoms with Gasteiger partial charge in [-0.2, -0.15) is 0 Å². The van der Waals surface area contributed by atoms with Crippen molar-refractivity contribution < 1.29 is 0 Å². The maximum atomic E-state index is 2.49. The van der Waals surface area contributed by atoms with Crippen molar-refractivity contribution in [1.82, 2.24) is 0 Å². The Labute approximate surface area is 501 Å². The maximum absolute atomic E-state index is 2.49. The average molecular weight is 1090 g/mol. The Morgan fingerprint density at radius 3 is 1.03 bits per heavy atom. The van der Waals surface area contributed by atoms with Crippen LogP contribution in [0.1, 0.15) is 49.9 Å². The first-order chi connectivity index (χ1) is 42.1. The maximum Gasteiger partial charge on any atom is 0.0159 e. The van der Waals surface area contributed by atoms with E-state index in [2.05, 4.69) is 319 Å². The van der Waals surface area contributed by atoms with Crippen LogP contribution >= 0.6 is 0 Å². The SMILES string of the molecule is CC1(C)c2ccc3ccccc3c2-c2c1cc(-c1ccc(-c3ccc4ccccc4c3)cc1)c1ccccc21.CC1(C)c2ccc3ccccc3c2-c2c1cc(-c1ccc3cc(-c4ccc5c(ccc6ccccc65)c4)ccc3c1)c1ccccc21. The first kappa shape index (κ1) is 50.1. The van der Waals surface area contributed by atoms with Crippen molar-refractivity contribution in [3.05, 3.63) is 313 Å². The lowest BCUT2D eigenvalue weighted by atomic mass is 9.80. The van der Waals surface area contributed by atoms with Crippen molar-refractivity contribution in [3.8, 4) is 66.8 Å². The highest BCUT2D eigenvalue weighted by Gasteiger charge is 2.40. The highest BCUT2D eigenvalue weighted by molar-refractivity contribution is 6.17. The van der Waals surface area contributed by atoms with Gasteiger partial charge in [-0.25, -0.2) is 0 Å². The highest BCUT2D eigenvalue weighted by Crippen LogP contribution is 2.57. The van der Waals surface area contributed by atoms with E-state index in [1.807, 2.05) is 0 Å². The molecule has 0 atom stereocenters. The Kier molecular flexibility index (Phi) is 11.1. The van der Waals surface area contributed by atoms with Gasteiger partial charge in [-0.15, -0.1) is 0 Å². The van der Waals surface area contributed by atoms with Gasteiger partial charge in [0.15, 0.2) is 0 Å². The van der Waals surface area contributed by atoms with E-state index < -0.39 is 0 Å². The largest absolute Gasteiger partial charge is 0.0616 e. The predicted octanol–water partition coefficient (Wildman–Crippen LogP) is 23.9. The fourth-order valence-corrected chi connectivity index (χ4v) is 15.2. The van der Waals surface area contributed by atoms with E-state index in [0.29, 0.717) is 0 Å². The van der Waals surface area contributed by atoms with Crippen molar-refractivity contribution in [2.45, 2.75) is 38.5 Å². The van der Waals surface area contributed by atoms with E-state index in [4.69, 9.17) is 0 Å². The highest BCUT2D eigenvalue weighted by atomic mass is 14.4. The molecule has 0 amide bonds. The fourth-order valence-electron chi connectivity index (χ4n) is 15.2. The Morgan fingerprint density at radius 1 is 0.174 bits per heavy atom. The first-order valence-electron chi connectivity index (χ1n) is 30.4. The second-order valence-corrected chi connectivity index (χ2v) is 25.1. The quantitative estimate of drug-likeness (QED) is 0.154. The van der Waals surface area contributed by atoms with Gasteiger partial charge in [0, 0.05) is 10.8 Å². The van der Waals surface area contributed by atoms with Gasteiger partial charge in [0.2, 0.25) is 0 Å². The van der Waals surface area contributed by atoms with Crippen LogP contribution in [0.5, 0.6) is 0 Å². The van der Waals surface area contributed by atoms with E-state index >= 15 is 0 Å². The van der Waals surface area contributed by atoms with Crippen molar-refractivity contribution in [3.63, 3.8) is 0 Å². The van der Waals surface area contributed by atoms with Crippen LogP contribution in [0.15, 0.2) is 291 Å². The predicted molar refractivity (Wildman–Crippen MR) is 370 cm³/mol. The third kappa shape index (κ3) is 7.69. The lowest BCUT2D eigenvalue weighted by Gasteiger charge is -2.23. The molecule has 0 aromatic heterocycles. The van der Waals surface area contributed by atoms with Gasteiger partial charge in [-0.05, 0) is 212 Å². The van der Waals surface area contributed by atoms with Crippen LogP contribution in [0.2, 0.25) is 0 Å². The molecule has 0 N–H and O–H groups in total. The topological polar surface area (TPSA) is 0 Å². The molecule has 0 fully saturated rings. The number of fused-ring (bicyclic) bond motifs is 19. The van der Waals surface area contributed by atoms with Gasteiger partial charge >= 0.3 is 0 Å². The van der Waals surface area contributed by atoms with Crippen LogP contribution in [-0.4, -0.2) is 0 Å². The number of hydrogen-bond donors (Lipinski definition) is 0. The Hall–Kier alpha value is -10.4. The summed E-state index contributed by atoms with van der Waals surface area (Å²) in [5.41, 5.74) is 21.2. The van der Waals surface area contributed by atoms with Crippen LogP contribution in [0.25, 0.3) is 153 Å². The molecule has 0 aliphatic heterocycles. The monoisotopic (exact) mass is 1090 g/mol. The van der Waals surface area contributed by atoms with Gasteiger partial charge in [0.25, 0.3) is 0 Å². The molecule has 0 heteroatoms. The molecule has 0 saturated carbocycles. The molecule has 0 radical (unpaired) electrons. The lowest BCUT2D eigenvalue weighted by Crippen LogP contribution is -2.15. The molecule has 404 valence electrons. The van der Waals surface area contributed by atoms with Crippen LogP contribution in [0.3, 0.4) is 0 Å². The molecule has 0 saturated heterocycles. The second-order valence-electron chi connectivity index (χ2n) is 25.1. The molecular weight excluding hydrogens is 1030 g/mol. The van der Waals surface area contributed by atoms with Crippen molar-refractivity contribution in [1.29, 1.82) is 0 Å². The second kappa shape index (κ2) is 19.1. The summed E-state index contributed by atoms with van der Waals surface area (Å²) in [6, 6.07) is 108. The smallest absolute Gasteiger partial charge is 0.0159 e. The molecule has 0 nitrogen and oxygen atoms in total. The molecule has 16 aromatic rings. The summed E-state index contributed by atoms with van der Waals surface area (Å²) in [5, 5.41) is 20.8. The fraction of sp³-hybridized carbons (Fsp3) is 0.0698. The zero-order valence-corrected chi connectivity index (χ0v) is 48.7. The Bertz CT molecular complexity index is 5520. The molecule has 86 heavy (non-hydrogen) atoms. The third-order valence-corrected chi connectivity index (χ3v) is 19.6. The third-order valence-electron chi connectivity index (χ3n) is 19.6. The van der Waals surface area contributed by atoms with Crippen LogP contribution in [0.4, 0.5) is 0 Å². The minimum absolute atomic E-state index is 0.0709. The Morgan fingerprint density at radius 2 is 0.477 bits per heavy atom. The zero-order valence-electron chi connectivity index (χ0n) is 48.7. The molecule has 18 rings (SSSR count). The normalized spacial score (nSPS) is 13.5. The summed E-state index contributed by atoms with van der Waals surface area (Å²) in [6.45, 7) is 9.55. The van der Waals surface area contributed by atoms with Crippen LogP contribution in [0, 0.1) is 0 Å². The summed E-state index contributed by atoms with van der Waals surface area (Å²) < 4.78 is 0. The molecule has 16 aromatic carbocycles. The summed E-state index contributed by atoms with van der Waals surface area (Å²) in [5.74, 6) is 0. The first-order valence-corrected chi connectivity index (χ1v) is 30.4. The molecule has 0 unspecified atom stereocenters. The molecule has 2 aliphatic rings. The van der Waals surface area contributed by atoms with Crippen LogP contribution < -0.4 is 0 Å². The van der Waals surface area contributed by atoms with Gasteiger partial charge < -0.3 is 0 Å². The molecule has 0 heterocycles. The average Bonchev–Trinajstić information content (AvgIpc) is 1.59. The van der Waals surface area contributed by atoms with E-state index in [1.165, 1.54) is 175 Å². The Balaban J connectivity index is 0.000000137. The summed E-state index contributed by atoms with van der Waals surface area (Å²) >= 11 is 0. The molecule has 0 spiro atoms. The number of hydrogen-bond acceptors (Lipinski definition) is 0. The lowest BCUT2D eigenvalue weighted by molar-refractivity contribution is 0.661. The van der Waals surface area contributed by atoms with E-state index in [9.17, 15) is 0 Å². The van der Waals surface area contributed by atoms with Gasteiger partial charge in [-0.3, -0.25) is 0 Å². The van der Waals surface area contributed by atoms with E-state index in [-0.39, 0.29) is 10.8 Å². The van der Waals surface area contributed by atoms with E-state index in [1.54, 1.807) is 0 Å². The van der Waals surface area contributed by atoms with Gasteiger partial charge in [0.05, 0.1) is 0 Å². The summed E-state index contributed by atoms with van der Waals surface area (Å²) in [4.78, 5) is 0. The number of benzene rings is 16. The summed E-state index contributed by atoms with van der Waals surface area (Å²) in [6.07, 6.45) is 0. The van der Waals surface area contributed by atoms with Crippen molar-refractivity contribution >= 4 is 86.2 Å². The van der Waals surface area contributed by atoms with Crippen LogP contribution in [-0.2, 0) is 10.8 Å². The molecule has 2 aliphatic carbocycles.